The molecule has 0 amide bonds. The van der Waals surface area contributed by atoms with E-state index in [0.29, 0.717) is 0 Å². The van der Waals surface area contributed by atoms with Crippen LogP contribution in [0.4, 0.5) is 0 Å². The third-order valence-corrected chi connectivity index (χ3v) is 7.53. The van der Waals surface area contributed by atoms with Crippen molar-refractivity contribution in [2.75, 3.05) is 0 Å². The summed E-state index contributed by atoms with van der Waals surface area (Å²) in [6.07, 6.45) is 24.4. The highest BCUT2D eigenvalue weighted by Gasteiger charge is 2.17. The SMILES string of the molecule is CCCCCCCCCCCc1cccc(S(=O)(=O)O)c1CCCCCCCCCCC. The zero-order chi connectivity index (χ0) is 23.5. The lowest BCUT2D eigenvalue weighted by Gasteiger charge is -2.14. The molecule has 1 aromatic rings. The van der Waals surface area contributed by atoms with E-state index in [9.17, 15) is 13.0 Å². The maximum absolute atomic E-state index is 11.9. The van der Waals surface area contributed by atoms with Crippen LogP contribution in [0.5, 0.6) is 0 Å². The molecular weight excluding hydrogens is 416 g/mol. The Morgan fingerprint density at radius 3 is 1.44 bits per heavy atom. The molecule has 0 saturated heterocycles. The van der Waals surface area contributed by atoms with Gasteiger partial charge in [-0.05, 0) is 42.9 Å². The molecule has 0 spiro atoms. The molecule has 1 rings (SSSR count). The van der Waals surface area contributed by atoms with Crippen molar-refractivity contribution in [2.24, 2.45) is 0 Å². The van der Waals surface area contributed by atoms with E-state index in [1.165, 1.54) is 96.3 Å². The summed E-state index contributed by atoms with van der Waals surface area (Å²) >= 11 is 0. The van der Waals surface area contributed by atoms with Crippen molar-refractivity contribution in [3.05, 3.63) is 29.3 Å². The molecule has 1 aromatic carbocycles. The highest BCUT2D eigenvalue weighted by atomic mass is 32.2. The Morgan fingerprint density at radius 2 is 1.00 bits per heavy atom. The molecule has 0 unspecified atom stereocenters. The van der Waals surface area contributed by atoms with Gasteiger partial charge in [-0.25, -0.2) is 0 Å². The second-order valence-electron chi connectivity index (χ2n) is 9.53. The van der Waals surface area contributed by atoms with Crippen molar-refractivity contribution in [3.63, 3.8) is 0 Å². The molecular formula is C28H50O3S. The predicted molar refractivity (Wildman–Crippen MR) is 138 cm³/mol. The monoisotopic (exact) mass is 466 g/mol. The predicted octanol–water partition coefficient (Wildman–Crippen LogP) is 9.08. The van der Waals surface area contributed by atoms with Crippen molar-refractivity contribution in [2.45, 2.75) is 147 Å². The fourth-order valence-electron chi connectivity index (χ4n) is 4.61. The van der Waals surface area contributed by atoms with Gasteiger partial charge in [0.25, 0.3) is 10.1 Å². The molecule has 1 N–H and O–H groups in total. The minimum Gasteiger partial charge on any atom is -0.282 e. The quantitative estimate of drug-likeness (QED) is 0.145. The molecule has 186 valence electrons. The lowest BCUT2D eigenvalue weighted by Crippen LogP contribution is -2.07. The van der Waals surface area contributed by atoms with Gasteiger partial charge in [-0.3, -0.25) is 4.55 Å². The number of benzene rings is 1. The van der Waals surface area contributed by atoms with Crippen LogP contribution in [0.25, 0.3) is 0 Å². The Balaban J connectivity index is 2.43. The molecule has 0 fully saturated rings. The maximum Gasteiger partial charge on any atom is 0.294 e. The standard InChI is InChI=1S/C28H50O3S/c1-3-5-7-9-11-13-15-17-19-22-26-23-21-25-28(32(29,30)31)27(26)24-20-18-16-14-12-10-8-6-4-2/h21,23,25H,3-20,22,24H2,1-2H3,(H,29,30,31). The van der Waals surface area contributed by atoms with Crippen LogP contribution in [0.1, 0.15) is 141 Å². The Kier molecular flexibility index (Phi) is 16.9. The van der Waals surface area contributed by atoms with Gasteiger partial charge in [-0.1, -0.05) is 129 Å². The van der Waals surface area contributed by atoms with Gasteiger partial charge in [0.2, 0.25) is 0 Å². The second kappa shape index (κ2) is 18.5. The molecule has 0 saturated carbocycles. The Hall–Kier alpha value is -0.870. The Bertz CT molecular complexity index is 682. The summed E-state index contributed by atoms with van der Waals surface area (Å²) in [4.78, 5) is 0.130. The molecule has 0 aliphatic heterocycles. The number of hydrogen-bond acceptors (Lipinski definition) is 2. The van der Waals surface area contributed by atoms with Crippen molar-refractivity contribution in [1.29, 1.82) is 0 Å². The summed E-state index contributed by atoms with van der Waals surface area (Å²) in [5.41, 5.74) is 1.97. The van der Waals surface area contributed by atoms with E-state index in [-0.39, 0.29) is 4.90 Å². The summed E-state index contributed by atoms with van der Waals surface area (Å²) in [5, 5.41) is 0. The summed E-state index contributed by atoms with van der Waals surface area (Å²) in [5.74, 6) is 0. The summed E-state index contributed by atoms with van der Waals surface area (Å²) in [7, 11) is -4.17. The summed E-state index contributed by atoms with van der Waals surface area (Å²) in [6.45, 7) is 4.50. The largest absolute Gasteiger partial charge is 0.294 e. The molecule has 32 heavy (non-hydrogen) atoms. The van der Waals surface area contributed by atoms with E-state index in [2.05, 4.69) is 19.9 Å². The van der Waals surface area contributed by atoms with Crippen LogP contribution in [-0.4, -0.2) is 13.0 Å². The fraction of sp³-hybridized carbons (Fsp3) is 0.786. The van der Waals surface area contributed by atoms with Crippen LogP contribution in [0.2, 0.25) is 0 Å². The normalized spacial score (nSPS) is 11.8. The highest BCUT2D eigenvalue weighted by molar-refractivity contribution is 7.85. The van der Waals surface area contributed by atoms with Gasteiger partial charge in [0.05, 0.1) is 4.90 Å². The highest BCUT2D eigenvalue weighted by Crippen LogP contribution is 2.24. The van der Waals surface area contributed by atoms with Crippen LogP contribution < -0.4 is 0 Å². The molecule has 0 heterocycles. The van der Waals surface area contributed by atoms with Crippen molar-refractivity contribution < 1.29 is 13.0 Å². The lowest BCUT2D eigenvalue weighted by molar-refractivity contribution is 0.481. The fourth-order valence-corrected chi connectivity index (χ4v) is 5.40. The third-order valence-electron chi connectivity index (χ3n) is 6.59. The molecule has 0 aliphatic rings. The van der Waals surface area contributed by atoms with Gasteiger partial charge >= 0.3 is 0 Å². The van der Waals surface area contributed by atoms with Gasteiger partial charge in [0, 0.05) is 0 Å². The van der Waals surface area contributed by atoms with Gasteiger partial charge in [-0.2, -0.15) is 8.42 Å². The Labute approximate surface area is 199 Å². The van der Waals surface area contributed by atoms with Crippen LogP contribution in [0.15, 0.2) is 23.1 Å². The Morgan fingerprint density at radius 1 is 0.594 bits per heavy atom. The first-order chi connectivity index (χ1) is 15.5. The van der Waals surface area contributed by atoms with E-state index in [0.717, 1.165) is 43.2 Å². The third kappa shape index (κ3) is 13.6. The minimum absolute atomic E-state index is 0.130. The lowest BCUT2D eigenvalue weighted by atomic mass is 9.96. The topological polar surface area (TPSA) is 54.4 Å². The zero-order valence-corrected chi connectivity index (χ0v) is 21.9. The minimum atomic E-state index is -4.17. The first-order valence-corrected chi connectivity index (χ1v) is 15.0. The molecule has 4 heteroatoms. The van der Waals surface area contributed by atoms with Crippen LogP contribution >= 0.6 is 0 Å². The van der Waals surface area contributed by atoms with Gasteiger partial charge in [0.1, 0.15) is 0 Å². The number of aryl methyl sites for hydroxylation is 1. The van der Waals surface area contributed by atoms with E-state index >= 15 is 0 Å². The average Bonchev–Trinajstić information content (AvgIpc) is 2.76. The van der Waals surface area contributed by atoms with Crippen LogP contribution in [0, 0.1) is 0 Å². The molecule has 0 atom stereocenters. The molecule has 3 nitrogen and oxygen atoms in total. The van der Waals surface area contributed by atoms with E-state index in [1.807, 2.05) is 0 Å². The first-order valence-electron chi connectivity index (χ1n) is 13.6. The van der Waals surface area contributed by atoms with Crippen molar-refractivity contribution in [3.8, 4) is 0 Å². The smallest absolute Gasteiger partial charge is 0.282 e. The summed E-state index contributed by atoms with van der Waals surface area (Å²) < 4.78 is 33.6. The van der Waals surface area contributed by atoms with E-state index in [4.69, 9.17) is 0 Å². The van der Waals surface area contributed by atoms with Gasteiger partial charge < -0.3 is 0 Å². The maximum atomic E-state index is 11.9. The molecule has 0 aromatic heterocycles. The van der Waals surface area contributed by atoms with E-state index < -0.39 is 10.1 Å². The number of unbranched alkanes of at least 4 members (excludes halogenated alkanes) is 16. The average molecular weight is 467 g/mol. The van der Waals surface area contributed by atoms with Crippen LogP contribution in [-0.2, 0) is 23.0 Å². The first kappa shape index (κ1) is 29.2. The number of rotatable bonds is 21. The zero-order valence-electron chi connectivity index (χ0n) is 21.0. The van der Waals surface area contributed by atoms with E-state index in [1.54, 1.807) is 12.1 Å². The van der Waals surface area contributed by atoms with Crippen molar-refractivity contribution in [1.82, 2.24) is 0 Å². The van der Waals surface area contributed by atoms with Crippen molar-refractivity contribution >= 4 is 10.1 Å². The molecule has 0 bridgehead atoms. The molecule has 0 radical (unpaired) electrons. The van der Waals surface area contributed by atoms with Gasteiger partial charge in [-0.15, -0.1) is 0 Å². The summed E-state index contributed by atoms with van der Waals surface area (Å²) in [6, 6.07) is 5.41. The van der Waals surface area contributed by atoms with Gasteiger partial charge in [0.15, 0.2) is 0 Å². The molecule has 0 aliphatic carbocycles. The van der Waals surface area contributed by atoms with Crippen LogP contribution in [0.3, 0.4) is 0 Å². The number of hydrogen-bond donors (Lipinski definition) is 1. The second-order valence-corrected chi connectivity index (χ2v) is 10.9.